The van der Waals surface area contributed by atoms with Crippen molar-refractivity contribution in [1.29, 1.82) is 5.26 Å². The van der Waals surface area contributed by atoms with E-state index in [4.69, 9.17) is 11.0 Å². The third-order valence-electron chi connectivity index (χ3n) is 2.77. The highest BCUT2D eigenvalue weighted by atomic mass is 14.9. The van der Waals surface area contributed by atoms with Crippen LogP contribution < -0.4 is 5.73 Å². The number of aromatic amines is 1. The van der Waals surface area contributed by atoms with E-state index in [-0.39, 0.29) is 0 Å². The Hall–Kier alpha value is -2.21. The van der Waals surface area contributed by atoms with E-state index in [0.29, 0.717) is 11.4 Å². The van der Waals surface area contributed by atoms with E-state index in [0.717, 1.165) is 24.1 Å². The molecule has 0 radical (unpaired) electrons. The molecule has 3 nitrogen and oxygen atoms in total. The Bertz CT molecular complexity index is 544. The van der Waals surface area contributed by atoms with Crippen LogP contribution in [0.1, 0.15) is 24.5 Å². The number of nitrogens with one attached hydrogen (secondary N) is 1. The minimum absolute atomic E-state index is 0.431. The quantitative estimate of drug-likeness (QED) is 0.843. The molecule has 0 bridgehead atoms. The molecular formula is C14H15N3. The van der Waals surface area contributed by atoms with E-state index in [2.05, 4.69) is 42.2 Å². The molecule has 0 spiro atoms. The summed E-state index contributed by atoms with van der Waals surface area (Å²) in [4.78, 5) is 3.02. The number of nitriles is 1. The van der Waals surface area contributed by atoms with Gasteiger partial charge in [0.15, 0.2) is 0 Å². The summed E-state index contributed by atoms with van der Waals surface area (Å²) < 4.78 is 0. The largest absolute Gasteiger partial charge is 0.384 e. The lowest BCUT2D eigenvalue weighted by molar-refractivity contribution is 0.922. The highest BCUT2D eigenvalue weighted by Gasteiger charge is 2.06. The predicted molar refractivity (Wildman–Crippen MR) is 69.4 cm³/mol. The number of nitrogen functional groups attached to an aromatic ring is 1. The number of benzene rings is 1. The Balaban J connectivity index is 2.30. The minimum Gasteiger partial charge on any atom is -0.384 e. The molecular weight excluding hydrogens is 210 g/mol. The van der Waals surface area contributed by atoms with Gasteiger partial charge in [-0.25, -0.2) is 0 Å². The zero-order chi connectivity index (χ0) is 12.3. The first-order valence-corrected chi connectivity index (χ1v) is 5.72. The molecule has 3 heteroatoms. The van der Waals surface area contributed by atoms with E-state index in [1.54, 1.807) is 6.07 Å². The van der Waals surface area contributed by atoms with Gasteiger partial charge in [-0.3, -0.25) is 0 Å². The van der Waals surface area contributed by atoms with E-state index < -0.39 is 0 Å². The van der Waals surface area contributed by atoms with Gasteiger partial charge >= 0.3 is 0 Å². The molecule has 0 amide bonds. The van der Waals surface area contributed by atoms with Gasteiger partial charge in [0.05, 0.1) is 5.56 Å². The molecule has 0 saturated heterocycles. The number of hydrogen-bond donors (Lipinski definition) is 2. The number of anilines is 1. The lowest BCUT2D eigenvalue weighted by Crippen LogP contribution is -1.87. The molecule has 86 valence electrons. The van der Waals surface area contributed by atoms with Crippen LogP contribution in [0.4, 0.5) is 5.82 Å². The van der Waals surface area contributed by atoms with Gasteiger partial charge in [0.1, 0.15) is 11.9 Å². The summed E-state index contributed by atoms with van der Waals surface area (Å²) in [7, 11) is 0. The molecule has 0 atom stereocenters. The maximum absolute atomic E-state index is 8.84. The van der Waals surface area contributed by atoms with Gasteiger partial charge in [-0.05, 0) is 23.6 Å². The van der Waals surface area contributed by atoms with Crippen molar-refractivity contribution in [1.82, 2.24) is 4.98 Å². The molecule has 0 unspecified atom stereocenters. The normalized spacial score (nSPS) is 10.1. The Morgan fingerprint density at radius 1 is 1.29 bits per heavy atom. The monoisotopic (exact) mass is 225 g/mol. The Morgan fingerprint density at radius 2 is 2.00 bits per heavy atom. The number of H-pyrrole nitrogens is 1. The SMILES string of the molecule is CCCc1ccc(-c2cc(C#N)c(N)[nH]2)cc1. The van der Waals surface area contributed by atoms with Crippen LogP contribution in [0.2, 0.25) is 0 Å². The van der Waals surface area contributed by atoms with Crippen LogP contribution in [0.3, 0.4) is 0 Å². The van der Waals surface area contributed by atoms with Crippen LogP contribution in [0, 0.1) is 11.3 Å². The molecule has 1 heterocycles. The first kappa shape index (κ1) is 11.3. The van der Waals surface area contributed by atoms with E-state index in [1.807, 2.05) is 0 Å². The van der Waals surface area contributed by atoms with Gasteiger partial charge in [-0.2, -0.15) is 5.26 Å². The molecule has 2 rings (SSSR count). The molecule has 0 fully saturated rings. The highest BCUT2D eigenvalue weighted by Crippen LogP contribution is 2.23. The standard InChI is InChI=1S/C14H15N3/c1-2-3-10-4-6-11(7-5-10)13-8-12(9-15)14(16)17-13/h4-8,17H,2-3,16H2,1H3. The molecule has 2 aromatic rings. The number of hydrogen-bond acceptors (Lipinski definition) is 2. The summed E-state index contributed by atoms with van der Waals surface area (Å²) in [5.41, 5.74) is 9.46. The number of aryl methyl sites for hydroxylation is 1. The molecule has 17 heavy (non-hydrogen) atoms. The zero-order valence-corrected chi connectivity index (χ0v) is 9.83. The Morgan fingerprint density at radius 3 is 2.53 bits per heavy atom. The molecule has 1 aromatic heterocycles. The predicted octanol–water partition coefficient (Wildman–Crippen LogP) is 3.09. The molecule has 0 aliphatic rings. The second-order valence-electron chi connectivity index (χ2n) is 4.07. The maximum atomic E-state index is 8.84. The first-order valence-electron chi connectivity index (χ1n) is 5.72. The van der Waals surface area contributed by atoms with Gasteiger partial charge in [-0.1, -0.05) is 37.6 Å². The van der Waals surface area contributed by atoms with Gasteiger partial charge in [0, 0.05) is 5.69 Å². The van der Waals surface area contributed by atoms with Gasteiger partial charge in [0.25, 0.3) is 0 Å². The van der Waals surface area contributed by atoms with Crippen molar-refractivity contribution in [3.8, 4) is 17.3 Å². The van der Waals surface area contributed by atoms with Crippen molar-refractivity contribution < 1.29 is 0 Å². The summed E-state index contributed by atoms with van der Waals surface area (Å²) in [6.45, 7) is 2.17. The fourth-order valence-electron chi connectivity index (χ4n) is 1.86. The van der Waals surface area contributed by atoms with Crippen LogP contribution >= 0.6 is 0 Å². The van der Waals surface area contributed by atoms with Crippen LogP contribution in [-0.4, -0.2) is 4.98 Å². The van der Waals surface area contributed by atoms with Crippen LogP contribution in [0.15, 0.2) is 30.3 Å². The lowest BCUT2D eigenvalue weighted by Gasteiger charge is -2.01. The molecule has 0 aliphatic heterocycles. The second kappa shape index (κ2) is 4.75. The third-order valence-corrected chi connectivity index (χ3v) is 2.77. The fourth-order valence-corrected chi connectivity index (χ4v) is 1.86. The fraction of sp³-hybridized carbons (Fsp3) is 0.214. The average molecular weight is 225 g/mol. The van der Waals surface area contributed by atoms with Crippen LogP contribution in [0.5, 0.6) is 0 Å². The maximum Gasteiger partial charge on any atom is 0.119 e. The number of nitrogens with two attached hydrogens (primary N) is 1. The summed E-state index contributed by atoms with van der Waals surface area (Å²) in [5.74, 6) is 0.431. The lowest BCUT2D eigenvalue weighted by atomic mass is 10.1. The number of aromatic nitrogens is 1. The van der Waals surface area contributed by atoms with Crippen molar-refractivity contribution in [3.05, 3.63) is 41.5 Å². The first-order chi connectivity index (χ1) is 8.24. The number of nitrogens with zero attached hydrogens (tertiary/aromatic N) is 1. The summed E-state index contributed by atoms with van der Waals surface area (Å²) in [6.07, 6.45) is 2.24. The topological polar surface area (TPSA) is 65.6 Å². The van der Waals surface area contributed by atoms with Crippen molar-refractivity contribution in [2.75, 3.05) is 5.73 Å². The molecule has 1 aromatic carbocycles. The average Bonchev–Trinajstić information content (AvgIpc) is 2.72. The van der Waals surface area contributed by atoms with E-state index in [9.17, 15) is 0 Å². The number of rotatable bonds is 3. The van der Waals surface area contributed by atoms with Crippen LogP contribution in [-0.2, 0) is 6.42 Å². The summed E-state index contributed by atoms with van der Waals surface area (Å²) in [5, 5.41) is 8.84. The third kappa shape index (κ3) is 2.31. The van der Waals surface area contributed by atoms with Crippen molar-refractivity contribution in [2.45, 2.75) is 19.8 Å². The summed E-state index contributed by atoms with van der Waals surface area (Å²) >= 11 is 0. The molecule has 0 aliphatic carbocycles. The highest BCUT2D eigenvalue weighted by molar-refractivity contribution is 5.67. The van der Waals surface area contributed by atoms with Crippen molar-refractivity contribution in [3.63, 3.8) is 0 Å². The zero-order valence-electron chi connectivity index (χ0n) is 9.83. The van der Waals surface area contributed by atoms with Crippen molar-refractivity contribution in [2.24, 2.45) is 0 Å². The van der Waals surface area contributed by atoms with Gasteiger partial charge in [-0.15, -0.1) is 0 Å². The second-order valence-corrected chi connectivity index (χ2v) is 4.07. The van der Waals surface area contributed by atoms with E-state index in [1.165, 1.54) is 5.56 Å². The Kier molecular flexibility index (Phi) is 3.15. The molecule has 0 saturated carbocycles. The Labute approximate surface area is 101 Å². The van der Waals surface area contributed by atoms with Crippen LogP contribution in [0.25, 0.3) is 11.3 Å². The smallest absolute Gasteiger partial charge is 0.119 e. The molecule has 3 N–H and O–H groups in total. The van der Waals surface area contributed by atoms with Crippen molar-refractivity contribution >= 4 is 5.82 Å². The van der Waals surface area contributed by atoms with Gasteiger partial charge < -0.3 is 10.7 Å². The summed E-state index contributed by atoms with van der Waals surface area (Å²) in [6, 6.07) is 12.2. The minimum atomic E-state index is 0.431. The van der Waals surface area contributed by atoms with Gasteiger partial charge in [0.2, 0.25) is 0 Å². The van der Waals surface area contributed by atoms with E-state index >= 15 is 0 Å².